The molecule has 0 bridgehead atoms. The van der Waals surface area contributed by atoms with E-state index in [2.05, 4.69) is 31.2 Å². The molecular weight excluding hydrogens is 264 g/mol. The molecule has 1 aliphatic rings. The molecule has 0 aromatic heterocycles. The molecule has 0 N–H and O–H groups in total. The molecule has 0 saturated carbocycles. The van der Waals surface area contributed by atoms with E-state index in [1.54, 1.807) is 0 Å². The molecule has 3 rings (SSSR count). The molecule has 1 heterocycles. The number of benzene rings is 2. The normalized spacial score (nSPS) is 20.2. The van der Waals surface area contributed by atoms with Gasteiger partial charge < -0.3 is 14.2 Å². The van der Waals surface area contributed by atoms with Gasteiger partial charge in [0.05, 0.1) is 19.8 Å². The predicted octanol–water partition coefficient (Wildman–Crippen LogP) is 3.54. The summed E-state index contributed by atoms with van der Waals surface area (Å²) in [4.78, 5) is 0. The number of rotatable bonds is 7. The number of hydrogen-bond acceptors (Lipinski definition) is 3. The van der Waals surface area contributed by atoms with Gasteiger partial charge in [-0.3, -0.25) is 0 Å². The van der Waals surface area contributed by atoms with Crippen molar-refractivity contribution < 1.29 is 14.2 Å². The van der Waals surface area contributed by atoms with Gasteiger partial charge >= 0.3 is 0 Å². The molecule has 0 amide bonds. The Labute approximate surface area is 125 Å². The lowest BCUT2D eigenvalue weighted by atomic mass is 10.1. The van der Waals surface area contributed by atoms with E-state index in [9.17, 15) is 0 Å². The van der Waals surface area contributed by atoms with Crippen molar-refractivity contribution in [2.45, 2.75) is 12.5 Å². The van der Waals surface area contributed by atoms with E-state index in [4.69, 9.17) is 14.2 Å². The van der Waals surface area contributed by atoms with Gasteiger partial charge in [0.15, 0.2) is 0 Å². The Hall–Kier alpha value is -1.84. The van der Waals surface area contributed by atoms with Crippen molar-refractivity contribution in [2.24, 2.45) is 0 Å². The largest absolute Gasteiger partial charge is 0.491 e. The van der Waals surface area contributed by atoms with Crippen molar-refractivity contribution >= 4 is 0 Å². The molecule has 1 saturated heterocycles. The van der Waals surface area contributed by atoms with E-state index in [1.165, 1.54) is 11.1 Å². The van der Waals surface area contributed by atoms with Crippen molar-refractivity contribution in [1.29, 1.82) is 0 Å². The van der Waals surface area contributed by atoms with Gasteiger partial charge in [0.2, 0.25) is 0 Å². The monoisotopic (exact) mass is 284 g/mol. The highest BCUT2D eigenvalue weighted by Crippen LogP contribution is 2.25. The first-order valence-electron chi connectivity index (χ1n) is 7.25. The van der Waals surface area contributed by atoms with Crippen LogP contribution in [0.3, 0.4) is 0 Å². The van der Waals surface area contributed by atoms with E-state index >= 15 is 0 Å². The van der Waals surface area contributed by atoms with Gasteiger partial charge in [0.25, 0.3) is 0 Å². The van der Waals surface area contributed by atoms with Gasteiger partial charge in [-0.2, -0.15) is 0 Å². The zero-order chi connectivity index (χ0) is 14.5. The van der Waals surface area contributed by atoms with Crippen LogP contribution in [0.2, 0.25) is 0 Å². The minimum absolute atomic E-state index is 0.0443. The average molecular weight is 284 g/mol. The number of hydrogen-bond donors (Lipinski definition) is 0. The second-order valence-electron chi connectivity index (χ2n) is 5.53. The third-order valence-electron chi connectivity index (χ3n) is 3.50. The van der Waals surface area contributed by atoms with Gasteiger partial charge in [-0.25, -0.2) is 0 Å². The summed E-state index contributed by atoms with van der Waals surface area (Å²) in [6.07, 6.45) is 0. The fourth-order valence-electron chi connectivity index (χ4n) is 2.09. The third-order valence-corrected chi connectivity index (χ3v) is 3.50. The standard InChI is InChI=1S/C18H20O3/c1-18(14-21-18)13-19-11-12-20-17-9-7-16(8-10-17)15-5-3-2-4-6-15/h2-10H,11-14H2,1H3. The predicted molar refractivity (Wildman–Crippen MR) is 82.5 cm³/mol. The van der Waals surface area contributed by atoms with Gasteiger partial charge in [-0.05, 0) is 30.2 Å². The Morgan fingerprint density at radius 1 is 0.952 bits per heavy atom. The Bertz CT molecular complexity index is 559. The second kappa shape index (κ2) is 6.29. The van der Waals surface area contributed by atoms with E-state index in [0.29, 0.717) is 19.8 Å². The molecule has 0 aliphatic carbocycles. The molecule has 110 valence electrons. The van der Waals surface area contributed by atoms with E-state index < -0.39 is 0 Å². The lowest BCUT2D eigenvalue weighted by molar-refractivity contribution is 0.0640. The first-order chi connectivity index (χ1) is 10.3. The van der Waals surface area contributed by atoms with E-state index in [0.717, 1.165) is 12.4 Å². The maximum absolute atomic E-state index is 5.67. The summed E-state index contributed by atoms with van der Waals surface area (Å²) < 4.78 is 16.4. The molecule has 21 heavy (non-hydrogen) atoms. The first-order valence-corrected chi connectivity index (χ1v) is 7.25. The van der Waals surface area contributed by atoms with Crippen LogP contribution in [0.1, 0.15) is 6.92 Å². The van der Waals surface area contributed by atoms with Crippen LogP contribution >= 0.6 is 0 Å². The Balaban J connectivity index is 1.44. The Morgan fingerprint density at radius 2 is 1.62 bits per heavy atom. The number of epoxide rings is 1. The molecule has 0 spiro atoms. The van der Waals surface area contributed by atoms with E-state index in [1.807, 2.05) is 30.3 Å². The summed E-state index contributed by atoms with van der Waals surface area (Å²) in [5, 5.41) is 0. The van der Waals surface area contributed by atoms with Crippen molar-refractivity contribution in [2.75, 3.05) is 26.4 Å². The molecule has 3 nitrogen and oxygen atoms in total. The molecule has 1 atom stereocenters. The molecule has 2 aromatic rings. The summed E-state index contributed by atoms with van der Waals surface area (Å²) in [6, 6.07) is 18.4. The van der Waals surface area contributed by atoms with Crippen LogP contribution in [0.25, 0.3) is 11.1 Å². The maximum Gasteiger partial charge on any atom is 0.119 e. The fourth-order valence-corrected chi connectivity index (χ4v) is 2.09. The molecule has 1 aliphatic heterocycles. The summed E-state index contributed by atoms with van der Waals surface area (Å²) >= 11 is 0. The summed E-state index contributed by atoms with van der Waals surface area (Å²) in [5.41, 5.74) is 2.36. The highest BCUT2D eigenvalue weighted by atomic mass is 16.6. The molecule has 0 radical (unpaired) electrons. The van der Waals surface area contributed by atoms with Crippen LogP contribution in [0.4, 0.5) is 0 Å². The smallest absolute Gasteiger partial charge is 0.119 e. The molecule has 3 heteroatoms. The lowest BCUT2D eigenvalue weighted by Crippen LogP contribution is -2.17. The third kappa shape index (κ3) is 4.06. The molecule has 2 aromatic carbocycles. The topological polar surface area (TPSA) is 31.0 Å². The second-order valence-corrected chi connectivity index (χ2v) is 5.53. The van der Waals surface area contributed by atoms with E-state index in [-0.39, 0.29) is 5.60 Å². The van der Waals surface area contributed by atoms with Gasteiger partial charge in [0.1, 0.15) is 18.0 Å². The van der Waals surface area contributed by atoms with Crippen LogP contribution in [0.15, 0.2) is 54.6 Å². The Kier molecular flexibility index (Phi) is 4.23. The first kappa shape index (κ1) is 14.1. The van der Waals surface area contributed by atoms with Crippen LogP contribution < -0.4 is 4.74 Å². The highest BCUT2D eigenvalue weighted by Gasteiger charge is 2.39. The summed E-state index contributed by atoms with van der Waals surface area (Å²) in [7, 11) is 0. The minimum atomic E-state index is -0.0443. The van der Waals surface area contributed by atoms with Gasteiger partial charge in [0, 0.05) is 0 Å². The summed E-state index contributed by atoms with van der Waals surface area (Å²) in [6.45, 7) is 4.63. The average Bonchev–Trinajstić information content (AvgIpc) is 3.26. The van der Waals surface area contributed by atoms with Crippen molar-refractivity contribution in [1.82, 2.24) is 0 Å². The van der Waals surface area contributed by atoms with Crippen LogP contribution in [-0.2, 0) is 9.47 Å². The van der Waals surface area contributed by atoms with Gasteiger partial charge in [-0.1, -0.05) is 42.5 Å². The lowest BCUT2D eigenvalue weighted by Gasteiger charge is -2.09. The van der Waals surface area contributed by atoms with Crippen LogP contribution in [0, 0.1) is 0 Å². The highest BCUT2D eigenvalue weighted by molar-refractivity contribution is 5.63. The zero-order valence-electron chi connectivity index (χ0n) is 12.2. The van der Waals surface area contributed by atoms with Gasteiger partial charge in [-0.15, -0.1) is 0 Å². The van der Waals surface area contributed by atoms with Crippen molar-refractivity contribution in [3.05, 3.63) is 54.6 Å². The fraction of sp³-hybridized carbons (Fsp3) is 0.333. The summed E-state index contributed by atoms with van der Waals surface area (Å²) in [5.74, 6) is 0.868. The van der Waals surface area contributed by atoms with Crippen molar-refractivity contribution in [3.8, 4) is 16.9 Å². The minimum Gasteiger partial charge on any atom is -0.491 e. The van der Waals surface area contributed by atoms with Crippen LogP contribution in [-0.4, -0.2) is 32.0 Å². The molecule has 1 fully saturated rings. The molecule has 1 unspecified atom stereocenters. The van der Waals surface area contributed by atoms with Crippen LogP contribution in [0.5, 0.6) is 5.75 Å². The quantitative estimate of drug-likeness (QED) is 0.575. The van der Waals surface area contributed by atoms with Crippen molar-refractivity contribution in [3.63, 3.8) is 0 Å². The zero-order valence-corrected chi connectivity index (χ0v) is 12.2. The maximum atomic E-state index is 5.67. The molecular formula is C18H20O3. The Morgan fingerprint density at radius 3 is 2.29 bits per heavy atom. The number of ether oxygens (including phenoxy) is 3. The SMILES string of the molecule is CC1(COCCOc2ccc(-c3ccccc3)cc2)CO1.